The molecule has 0 heterocycles. The average Bonchev–Trinajstić information content (AvgIpc) is 2.01. The summed E-state index contributed by atoms with van der Waals surface area (Å²) in [6.45, 7) is 6.51. The highest BCUT2D eigenvalue weighted by Gasteiger charge is 2.18. The normalized spacial score (nSPS) is 10.9. The molecule has 0 aromatic heterocycles. The molecule has 0 aliphatic rings. The molecule has 0 rings (SSSR count). The van der Waals surface area contributed by atoms with Crippen LogP contribution in [-0.2, 0) is 4.79 Å². The fraction of sp³-hybridized carbons (Fsp3) is 0.800. The predicted octanol–water partition coefficient (Wildman–Crippen LogP) is 0.554. The van der Waals surface area contributed by atoms with E-state index in [0.29, 0.717) is 13.0 Å². The molecule has 0 fully saturated rings. The second kappa shape index (κ2) is 6.27. The van der Waals surface area contributed by atoms with Gasteiger partial charge in [-0.3, -0.25) is 10.2 Å². The summed E-state index contributed by atoms with van der Waals surface area (Å²) in [5.41, 5.74) is 4.94. The van der Waals surface area contributed by atoms with Crippen molar-refractivity contribution in [3.63, 3.8) is 0 Å². The lowest BCUT2D eigenvalue weighted by molar-refractivity contribution is -0.122. The highest BCUT2D eigenvalue weighted by atomic mass is 16.1. The van der Waals surface area contributed by atoms with Crippen LogP contribution >= 0.6 is 0 Å². The number of guanidine groups is 1. The molecule has 0 aliphatic carbocycles. The van der Waals surface area contributed by atoms with Gasteiger partial charge in [-0.25, -0.2) is 0 Å². The minimum absolute atomic E-state index is 0.0119. The van der Waals surface area contributed by atoms with Crippen molar-refractivity contribution in [3.05, 3.63) is 0 Å². The van der Waals surface area contributed by atoms with Crippen LogP contribution in [0.1, 0.15) is 40.0 Å². The molecule has 5 N–H and O–H groups in total. The van der Waals surface area contributed by atoms with E-state index in [4.69, 9.17) is 11.1 Å². The molecular formula is C10H22N4O. The Kier molecular flexibility index (Phi) is 5.74. The molecule has 0 aliphatic heterocycles. The van der Waals surface area contributed by atoms with Gasteiger partial charge in [0.1, 0.15) is 0 Å². The van der Waals surface area contributed by atoms with Gasteiger partial charge in [-0.15, -0.1) is 0 Å². The maximum Gasteiger partial charge on any atom is 0.222 e. The van der Waals surface area contributed by atoms with Gasteiger partial charge in [0, 0.05) is 18.5 Å². The quantitative estimate of drug-likeness (QED) is 0.384. The van der Waals surface area contributed by atoms with Crippen molar-refractivity contribution in [2.45, 2.75) is 45.6 Å². The maximum atomic E-state index is 11.5. The standard InChI is InChI=1S/C10H22N4O/c1-4-6-10(2,3)14-8(15)5-7-13-9(11)12/h4-7H2,1-3H3,(H,14,15)(H4,11,12,13). The number of hydrogen-bond acceptors (Lipinski definition) is 2. The van der Waals surface area contributed by atoms with Gasteiger partial charge in [0.15, 0.2) is 5.96 Å². The number of nitrogens with one attached hydrogen (secondary N) is 3. The van der Waals surface area contributed by atoms with E-state index in [0.717, 1.165) is 12.8 Å². The maximum absolute atomic E-state index is 11.5. The smallest absolute Gasteiger partial charge is 0.222 e. The summed E-state index contributed by atoms with van der Waals surface area (Å²) in [4.78, 5) is 11.5. The SMILES string of the molecule is CCCC(C)(C)NC(=O)CCNC(=N)N. The van der Waals surface area contributed by atoms with Gasteiger partial charge in [0.25, 0.3) is 0 Å². The summed E-state index contributed by atoms with van der Waals surface area (Å²) < 4.78 is 0. The number of carbonyl (C=O) groups is 1. The van der Waals surface area contributed by atoms with E-state index >= 15 is 0 Å². The van der Waals surface area contributed by atoms with Gasteiger partial charge in [0.05, 0.1) is 0 Å². The number of hydrogen-bond donors (Lipinski definition) is 4. The van der Waals surface area contributed by atoms with Crippen molar-refractivity contribution in [3.8, 4) is 0 Å². The molecule has 0 saturated carbocycles. The first kappa shape index (κ1) is 13.7. The van der Waals surface area contributed by atoms with Gasteiger partial charge >= 0.3 is 0 Å². The van der Waals surface area contributed by atoms with Crippen molar-refractivity contribution in [2.75, 3.05) is 6.54 Å². The lowest BCUT2D eigenvalue weighted by atomic mass is 9.99. The van der Waals surface area contributed by atoms with E-state index in [-0.39, 0.29) is 17.4 Å². The molecule has 0 unspecified atom stereocenters. The summed E-state index contributed by atoms with van der Waals surface area (Å²) in [6.07, 6.45) is 2.34. The van der Waals surface area contributed by atoms with Crippen LogP contribution < -0.4 is 16.4 Å². The van der Waals surface area contributed by atoms with Crippen LogP contribution in [0.3, 0.4) is 0 Å². The molecule has 15 heavy (non-hydrogen) atoms. The Balaban J connectivity index is 3.77. The molecule has 1 amide bonds. The molecule has 0 aromatic carbocycles. The fourth-order valence-corrected chi connectivity index (χ4v) is 1.44. The molecule has 88 valence electrons. The minimum Gasteiger partial charge on any atom is -0.370 e. The van der Waals surface area contributed by atoms with E-state index in [1.807, 2.05) is 13.8 Å². The first-order valence-corrected chi connectivity index (χ1v) is 5.26. The summed E-state index contributed by atoms with van der Waals surface area (Å²) >= 11 is 0. The molecule has 0 spiro atoms. The Labute approximate surface area is 91.3 Å². The topological polar surface area (TPSA) is 91.0 Å². The Morgan fingerprint density at radius 1 is 1.47 bits per heavy atom. The first-order chi connectivity index (χ1) is 6.87. The first-order valence-electron chi connectivity index (χ1n) is 5.26. The molecule has 5 nitrogen and oxygen atoms in total. The monoisotopic (exact) mass is 214 g/mol. The van der Waals surface area contributed by atoms with E-state index in [1.165, 1.54) is 0 Å². The average molecular weight is 214 g/mol. The second-order valence-electron chi connectivity index (χ2n) is 4.27. The van der Waals surface area contributed by atoms with Gasteiger partial charge in [-0.1, -0.05) is 13.3 Å². The van der Waals surface area contributed by atoms with Crippen LogP contribution in [-0.4, -0.2) is 24.0 Å². The van der Waals surface area contributed by atoms with Crippen molar-refractivity contribution >= 4 is 11.9 Å². The number of nitrogens with two attached hydrogens (primary N) is 1. The van der Waals surface area contributed by atoms with E-state index < -0.39 is 0 Å². The number of amides is 1. The highest BCUT2D eigenvalue weighted by Crippen LogP contribution is 2.10. The fourth-order valence-electron chi connectivity index (χ4n) is 1.44. The van der Waals surface area contributed by atoms with E-state index in [2.05, 4.69) is 17.6 Å². The van der Waals surface area contributed by atoms with Crippen LogP contribution in [0, 0.1) is 5.41 Å². The second-order valence-corrected chi connectivity index (χ2v) is 4.27. The third-order valence-corrected chi connectivity index (χ3v) is 2.02. The molecule has 0 aromatic rings. The van der Waals surface area contributed by atoms with Crippen molar-refractivity contribution in [1.82, 2.24) is 10.6 Å². The minimum atomic E-state index is -0.151. The number of carbonyl (C=O) groups excluding carboxylic acids is 1. The van der Waals surface area contributed by atoms with Crippen LogP contribution in [0.2, 0.25) is 0 Å². The third-order valence-electron chi connectivity index (χ3n) is 2.02. The molecule has 0 radical (unpaired) electrons. The zero-order valence-corrected chi connectivity index (χ0v) is 9.81. The summed E-state index contributed by atoms with van der Waals surface area (Å²) in [6, 6.07) is 0. The van der Waals surface area contributed by atoms with Crippen molar-refractivity contribution in [2.24, 2.45) is 5.73 Å². The van der Waals surface area contributed by atoms with Gasteiger partial charge in [-0.05, 0) is 20.3 Å². The van der Waals surface area contributed by atoms with E-state index in [9.17, 15) is 4.79 Å². The lowest BCUT2D eigenvalue weighted by Gasteiger charge is -2.25. The van der Waals surface area contributed by atoms with Crippen molar-refractivity contribution in [1.29, 1.82) is 5.41 Å². The molecule has 5 heteroatoms. The Bertz CT molecular complexity index is 225. The predicted molar refractivity (Wildman–Crippen MR) is 61.7 cm³/mol. The van der Waals surface area contributed by atoms with Crippen molar-refractivity contribution < 1.29 is 4.79 Å². The van der Waals surface area contributed by atoms with Gasteiger partial charge in [-0.2, -0.15) is 0 Å². The van der Waals surface area contributed by atoms with Gasteiger partial charge in [0.2, 0.25) is 5.91 Å². The Morgan fingerprint density at radius 2 is 2.07 bits per heavy atom. The van der Waals surface area contributed by atoms with Crippen LogP contribution in [0.5, 0.6) is 0 Å². The van der Waals surface area contributed by atoms with Gasteiger partial charge < -0.3 is 16.4 Å². The summed E-state index contributed by atoms with van der Waals surface area (Å²) in [7, 11) is 0. The Hall–Kier alpha value is -1.26. The largest absolute Gasteiger partial charge is 0.370 e. The number of rotatable bonds is 6. The molecule has 0 bridgehead atoms. The lowest BCUT2D eigenvalue weighted by Crippen LogP contribution is -2.44. The van der Waals surface area contributed by atoms with Crippen LogP contribution in [0.25, 0.3) is 0 Å². The highest BCUT2D eigenvalue weighted by molar-refractivity contribution is 5.78. The van der Waals surface area contributed by atoms with E-state index in [1.54, 1.807) is 0 Å². The zero-order chi connectivity index (χ0) is 11.9. The van der Waals surface area contributed by atoms with Crippen LogP contribution in [0.4, 0.5) is 0 Å². The third kappa shape index (κ3) is 7.78. The Morgan fingerprint density at radius 3 is 2.53 bits per heavy atom. The molecular weight excluding hydrogens is 192 g/mol. The molecule has 0 saturated heterocycles. The molecule has 0 atom stereocenters. The summed E-state index contributed by atoms with van der Waals surface area (Å²) in [5, 5.41) is 12.5. The summed E-state index contributed by atoms with van der Waals surface area (Å²) in [5.74, 6) is -0.113. The zero-order valence-electron chi connectivity index (χ0n) is 9.81. The van der Waals surface area contributed by atoms with Crippen LogP contribution in [0.15, 0.2) is 0 Å².